The number of hydrogen-bond donors (Lipinski definition) is 0. The third-order valence-corrected chi connectivity index (χ3v) is 3.89. The zero-order valence-corrected chi connectivity index (χ0v) is 18.5. The number of nitrogens with zero attached hydrogens (tertiary/aromatic N) is 1. The molecule has 0 aromatic heterocycles. The van der Waals surface area contributed by atoms with E-state index in [0.29, 0.717) is 19.8 Å². The van der Waals surface area contributed by atoms with E-state index in [4.69, 9.17) is 37.5 Å². The highest BCUT2D eigenvalue weighted by Gasteiger charge is 2.09. The largest absolute Gasteiger partial charge is 0.493 e. The molecule has 4 nitrogen and oxygen atoms in total. The maximum atomic E-state index is 6.01. The van der Waals surface area contributed by atoms with E-state index in [0.717, 1.165) is 41.9 Å². The summed E-state index contributed by atoms with van der Waals surface area (Å²) in [6.45, 7) is 12.0. The van der Waals surface area contributed by atoms with Gasteiger partial charge in [-0.1, -0.05) is 56.1 Å². The van der Waals surface area contributed by atoms with Gasteiger partial charge in [-0.3, -0.25) is 0 Å². The van der Waals surface area contributed by atoms with Gasteiger partial charge in [0, 0.05) is 11.6 Å². The van der Waals surface area contributed by atoms with Crippen molar-refractivity contribution in [1.29, 1.82) is 0 Å². The van der Waals surface area contributed by atoms with E-state index in [1.807, 2.05) is 25.3 Å². The minimum Gasteiger partial charge on any atom is -0.493 e. The van der Waals surface area contributed by atoms with Crippen molar-refractivity contribution in [3.8, 4) is 11.5 Å². The summed E-state index contributed by atoms with van der Waals surface area (Å²) in [4.78, 5) is 5.27. The van der Waals surface area contributed by atoms with Crippen LogP contribution in [0.2, 0.25) is 0 Å². The molecule has 0 fully saturated rings. The smallest absolute Gasteiger partial charge is 0.125 e. The zero-order chi connectivity index (χ0) is 20.3. The van der Waals surface area contributed by atoms with Crippen LogP contribution in [0.5, 0.6) is 11.5 Å². The van der Waals surface area contributed by atoms with Gasteiger partial charge in [-0.05, 0) is 55.5 Å². The fourth-order valence-corrected chi connectivity index (χ4v) is 2.38. The molecule has 0 saturated heterocycles. The topological polar surface area (TPSA) is 40.0 Å². The van der Waals surface area contributed by atoms with Crippen molar-refractivity contribution in [3.05, 3.63) is 33.8 Å². The molecule has 0 saturated carbocycles. The normalized spacial score (nSPS) is 11.5. The van der Waals surface area contributed by atoms with Crippen molar-refractivity contribution in [2.45, 2.75) is 53.9 Å². The molecular weight excluding hydrogens is 385 g/mol. The Labute approximate surface area is 173 Å². The van der Waals surface area contributed by atoms with E-state index in [9.17, 15) is 0 Å². The summed E-state index contributed by atoms with van der Waals surface area (Å²) in [5, 5.41) is 3.98. The second kappa shape index (κ2) is 12.1. The number of unbranched alkanes of at least 4 members (excludes halogenated alkanes) is 1. The quantitative estimate of drug-likeness (QED) is 0.236. The monoisotopic (exact) mass is 415 g/mol. The summed E-state index contributed by atoms with van der Waals surface area (Å²) in [7, 11) is 0. The van der Waals surface area contributed by atoms with Crippen molar-refractivity contribution >= 4 is 29.4 Å². The summed E-state index contributed by atoms with van der Waals surface area (Å²) >= 11 is 11.2. The Morgan fingerprint density at radius 3 is 2.44 bits per heavy atom. The molecule has 152 valence electrons. The molecule has 0 aliphatic rings. The molecule has 27 heavy (non-hydrogen) atoms. The maximum absolute atomic E-state index is 6.01. The predicted octanol–water partition coefficient (Wildman–Crippen LogP) is 6.46. The van der Waals surface area contributed by atoms with Crippen LogP contribution in [0.1, 0.15) is 51.7 Å². The molecule has 0 aliphatic carbocycles. The van der Waals surface area contributed by atoms with Gasteiger partial charge in [0.15, 0.2) is 0 Å². The maximum Gasteiger partial charge on any atom is 0.125 e. The zero-order valence-electron chi connectivity index (χ0n) is 17.0. The molecule has 1 aromatic carbocycles. The van der Waals surface area contributed by atoms with Gasteiger partial charge in [-0.2, -0.15) is 0 Å². The average Bonchev–Trinajstić information content (AvgIpc) is 2.57. The van der Waals surface area contributed by atoms with Gasteiger partial charge in [-0.25, -0.2) is 0 Å². The van der Waals surface area contributed by atoms with E-state index in [1.54, 1.807) is 6.08 Å². The first-order chi connectivity index (χ1) is 12.7. The van der Waals surface area contributed by atoms with Crippen LogP contribution >= 0.6 is 23.2 Å². The third kappa shape index (κ3) is 10.5. The van der Waals surface area contributed by atoms with Crippen LogP contribution < -0.4 is 9.47 Å². The van der Waals surface area contributed by atoms with Gasteiger partial charge in [0.25, 0.3) is 0 Å². The Hall–Kier alpha value is -1.39. The van der Waals surface area contributed by atoms with Gasteiger partial charge in [0.05, 0.1) is 6.61 Å². The highest BCUT2D eigenvalue weighted by atomic mass is 35.5. The lowest BCUT2D eigenvalue weighted by molar-refractivity contribution is 0.134. The number of benzene rings is 1. The summed E-state index contributed by atoms with van der Waals surface area (Å²) < 4.78 is 11.9. The fraction of sp³-hybridized carbons (Fsp3) is 0.571. The molecule has 0 bridgehead atoms. The van der Waals surface area contributed by atoms with Crippen molar-refractivity contribution in [3.63, 3.8) is 0 Å². The first-order valence-corrected chi connectivity index (χ1v) is 10.0. The van der Waals surface area contributed by atoms with Gasteiger partial charge >= 0.3 is 0 Å². The van der Waals surface area contributed by atoms with Crippen LogP contribution in [0, 0.1) is 12.3 Å². The fourth-order valence-electron chi connectivity index (χ4n) is 2.26. The SMILES string of the molecule is CCc1cc(OCC=C(Cl)Cl)cc(C)c1OCCCCON=CC(C)(C)C. The summed E-state index contributed by atoms with van der Waals surface area (Å²) in [5.41, 5.74) is 2.22. The Bertz CT molecular complexity index is 633. The van der Waals surface area contributed by atoms with Crippen LogP contribution in [0.3, 0.4) is 0 Å². The van der Waals surface area contributed by atoms with E-state index in [-0.39, 0.29) is 9.91 Å². The van der Waals surface area contributed by atoms with Crippen molar-refractivity contribution in [2.75, 3.05) is 19.8 Å². The number of rotatable bonds is 11. The van der Waals surface area contributed by atoms with E-state index in [1.165, 1.54) is 0 Å². The second-order valence-corrected chi connectivity index (χ2v) is 8.38. The number of halogens is 2. The van der Waals surface area contributed by atoms with Crippen molar-refractivity contribution in [1.82, 2.24) is 0 Å². The van der Waals surface area contributed by atoms with Gasteiger partial charge in [-0.15, -0.1) is 0 Å². The highest BCUT2D eigenvalue weighted by molar-refractivity contribution is 6.55. The van der Waals surface area contributed by atoms with Crippen LogP contribution in [0.4, 0.5) is 0 Å². The number of ether oxygens (including phenoxy) is 2. The second-order valence-electron chi connectivity index (χ2n) is 7.38. The highest BCUT2D eigenvalue weighted by Crippen LogP contribution is 2.30. The standard InChI is InChI=1S/C21H31Cl2NO3/c1-6-17-14-18(25-12-9-19(22)23)13-16(2)20(17)26-10-7-8-11-27-24-15-21(3,4)5/h9,13-15H,6-8,10-12H2,1-5H3. The minimum absolute atomic E-state index is 0.0413. The molecule has 0 heterocycles. The average molecular weight is 416 g/mol. The predicted molar refractivity (Wildman–Crippen MR) is 114 cm³/mol. The lowest BCUT2D eigenvalue weighted by atomic mass is 10.00. The molecule has 0 unspecified atom stereocenters. The molecule has 0 atom stereocenters. The molecule has 1 rings (SSSR count). The lowest BCUT2D eigenvalue weighted by Crippen LogP contribution is -2.07. The van der Waals surface area contributed by atoms with Crippen LogP contribution in [-0.4, -0.2) is 26.0 Å². The van der Waals surface area contributed by atoms with Crippen LogP contribution in [0.25, 0.3) is 0 Å². The molecular formula is C21H31Cl2NO3. The summed E-state index contributed by atoms with van der Waals surface area (Å²) in [5.74, 6) is 1.72. The van der Waals surface area contributed by atoms with Crippen molar-refractivity contribution in [2.24, 2.45) is 10.6 Å². The molecule has 0 radical (unpaired) electrons. The third-order valence-electron chi connectivity index (χ3n) is 3.58. The summed E-state index contributed by atoms with van der Waals surface area (Å²) in [6.07, 6.45) is 6.10. The molecule has 0 spiro atoms. The van der Waals surface area contributed by atoms with Gasteiger partial charge in [0.2, 0.25) is 0 Å². The van der Waals surface area contributed by atoms with E-state index < -0.39 is 0 Å². The van der Waals surface area contributed by atoms with Crippen LogP contribution in [-0.2, 0) is 11.3 Å². The Balaban J connectivity index is 2.46. The van der Waals surface area contributed by atoms with Gasteiger partial charge < -0.3 is 14.3 Å². The lowest BCUT2D eigenvalue weighted by Gasteiger charge is -2.15. The molecule has 0 aliphatic heterocycles. The van der Waals surface area contributed by atoms with E-state index in [2.05, 4.69) is 32.9 Å². The van der Waals surface area contributed by atoms with Crippen molar-refractivity contribution < 1.29 is 14.3 Å². The van der Waals surface area contributed by atoms with Crippen LogP contribution in [0.15, 0.2) is 27.9 Å². The first-order valence-electron chi connectivity index (χ1n) is 9.29. The Morgan fingerprint density at radius 2 is 1.81 bits per heavy atom. The molecule has 6 heteroatoms. The molecule has 1 aromatic rings. The number of oxime groups is 1. The Morgan fingerprint density at radius 1 is 1.11 bits per heavy atom. The first kappa shape index (κ1) is 23.6. The molecule has 0 amide bonds. The number of aryl methyl sites for hydroxylation is 2. The van der Waals surface area contributed by atoms with E-state index >= 15 is 0 Å². The number of hydrogen-bond acceptors (Lipinski definition) is 4. The Kier molecular flexibility index (Phi) is 10.6. The van der Waals surface area contributed by atoms with Gasteiger partial charge in [0.1, 0.15) is 29.2 Å². The minimum atomic E-state index is 0.0413. The summed E-state index contributed by atoms with van der Waals surface area (Å²) in [6, 6.07) is 3.97. The molecule has 0 N–H and O–H groups in total.